The SMILES string of the molecule is O=C1NC(=O)N(c2ccc(F)cc2)C(=O)/C1=C/c1ccc(OCc2ccc(C(=O)O)cc2)c(Cl)c1. The number of benzene rings is 3. The number of urea groups is 1. The lowest BCUT2D eigenvalue weighted by atomic mass is 10.1. The Kier molecular flexibility index (Phi) is 6.61. The summed E-state index contributed by atoms with van der Waals surface area (Å²) in [4.78, 5) is 49.1. The Morgan fingerprint density at radius 3 is 2.34 bits per heavy atom. The van der Waals surface area contributed by atoms with Crippen LogP contribution in [0.1, 0.15) is 21.5 Å². The molecule has 1 saturated heterocycles. The maximum Gasteiger partial charge on any atom is 0.335 e. The average molecular weight is 495 g/mol. The Bertz CT molecular complexity index is 1370. The molecule has 35 heavy (non-hydrogen) atoms. The normalized spacial score (nSPS) is 14.7. The van der Waals surface area contributed by atoms with Gasteiger partial charge < -0.3 is 9.84 Å². The molecular formula is C25H16ClFN2O6. The number of hydrogen-bond acceptors (Lipinski definition) is 5. The predicted molar refractivity (Wildman–Crippen MR) is 125 cm³/mol. The zero-order valence-electron chi connectivity index (χ0n) is 17.8. The first-order valence-electron chi connectivity index (χ1n) is 10.1. The van der Waals surface area contributed by atoms with Crippen molar-refractivity contribution in [1.82, 2.24) is 5.32 Å². The maximum absolute atomic E-state index is 13.2. The topological polar surface area (TPSA) is 113 Å². The van der Waals surface area contributed by atoms with Crippen molar-refractivity contribution in [2.45, 2.75) is 6.61 Å². The van der Waals surface area contributed by atoms with Crippen molar-refractivity contribution >= 4 is 47.2 Å². The molecule has 4 rings (SSSR count). The number of ether oxygens (including phenoxy) is 1. The molecule has 0 bridgehead atoms. The lowest BCUT2D eigenvalue weighted by Gasteiger charge is -2.26. The molecule has 0 unspecified atom stereocenters. The zero-order chi connectivity index (χ0) is 25.1. The highest BCUT2D eigenvalue weighted by molar-refractivity contribution is 6.39. The molecule has 0 saturated carbocycles. The lowest BCUT2D eigenvalue weighted by Crippen LogP contribution is -2.54. The van der Waals surface area contributed by atoms with Gasteiger partial charge in [0, 0.05) is 0 Å². The number of amides is 4. The number of aromatic carboxylic acids is 1. The molecule has 1 aliphatic rings. The number of nitrogens with zero attached hydrogens (tertiary/aromatic N) is 1. The third kappa shape index (κ3) is 5.20. The van der Waals surface area contributed by atoms with Crippen LogP contribution >= 0.6 is 11.6 Å². The summed E-state index contributed by atoms with van der Waals surface area (Å²) in [5.41, 5.74) is 1.08. The average Bonchev–Trinajstić information content (AvgIpc) is 2.82. The largest absolute Gasteiger partial charge is 0.487 e. The number of rotatable bonds is 6. The Balaban J connectivity index is 1.52. The smallest absolute Gasteiger partial charge is 0.335 e. The van der Waals surface area contributed by atoms with Crippen LogP contribution in [0.4, 0.5) is 14.9 Å². The number of carboxylic acids is 1. The predicted octanol–water partition coefficient (Wildman–Crippen LogP) is 4.42. The van der Waals surface area contributed by atoms with E-state index in [9.17, 15) is 23.6 Å². The van der Waals surface area contributed by atoms with Gasteiger partial charge in [0.05, 0.1) is 16.3 Å². The summed E-state index contributed by atoms with van der Waals surface area (Å²) in [7, 11) is 0. The minimum Gasteiger partial charge on any atom is -0.487 e. The molecule has 10 heteroatoms. The minimum absolute atomic E-state index is 0.102. The molecule has 3 aromatic rings. The van der Waals surface area contributed by atoms with Crippen molar-refractivity contribution in [3.05, 3.63) is 99.8 Å². The van der Waals surface area contributed by atoms with Gasteiger partial charge >= 0.3 is 12.0 Å². The number of hydrogen-bond donors (Lipinski definition) is 2. The highest BCUT2D eigenvalue weighted by atomic mass is 35.5. The molecular weight excluding hydrogens is 479 g/mol. The third-order valence-electron chi connectivity index (χ3n) is 5.05. The summed E-state index contributed by atoms with van der Waals surface area (Å²) in [6.07, 6.45) is 1.28. The van der Waals surface area contributed by atoms with Crippen molar-refractivity contribution in [3.8, 4) is 5.75 Å². The molecule has 4 amide bonds. The minimum atomic E-state index is -1.03. The van der Waals surface area contributed by atoms with E-state index in [0.717, 1.165) is 22.6 Å². The first-order chi connectivity index (χ1) is 16.7. The van der Waals surface area contributed by atoms with Gasteiger partial charge in [-0.2, -0.15) is 0 Å². The number of carbonyl (C=O) groups excluding carboxylic acids is 3. The van der Waals surface area contributed by atoms with Gasteiger partial charge in [-0.05, 0) is 65.7 Å². The molecule has 176 valence electrons. The number of nitrogens with one attached hydrogen (secondary N) is 1. The molecule has 1 aliphatic heterocycles. The van der Waals surface area contributed by atoms with Crippen LogP contribution in [0.25, 0.3) is 6.08 Å². The van der Waals surface area contributed by atoms with E-state index >= 15 is 0 Å². The standard InChI is InChI=1S/C25H16ClFN2O6/c26-20-12-15(3-10-21(20)35-13-14-1-4-16(5-2-14)24(32)33)11-19-22(30)28-25(34)29(23(19)31)18-8-6-17(27)7-9-18/h1-12H,13H2,(H,32,33)(H,28,30,34)/b19-11+. The highest BCUT2D eigenvalue weighted by Crippen LogP contribution is 2.28. The van der Waals surface area contributed by atoms with Crippen LogP contribution in [0.3, 0.4) is 0 Å². The van der Waals surface area contributed by atoms with E-state index < -0.39 is 29.6 Å². The van der Waals surface area contributed by atoms with Crippen LogP contribution in [0.2, 0.25) is 5.02 Å². The van der Waals surface area contributed by atoms with Crippen LogP contribution in [-0.2, 0) is 16.2 Å². The van der Waals surface area contributed by atoms with E-state index in [1.165, 1.54) is 36.4 Å². The van der Waals surface area contributed by atoms with E-state index in [1.54, 1.807) is 24.3 Å². The van der Waals surface area contributed by atoms with Crippen molar-refractivity contribution in [1.29, 1.82) is 0 Å². The van der Waals surface area contributed by atoms with Crippen molar-refractivity contribution in [2.24, 2.45) is 0 Å². The molecule has 8 nitrogen and oxygen atoms in total. The Morgan fingerprint density at radius 2 is 1.71 bits per heavy atom. The number of halogens is 2. The number of carbonyl (C=O) groups is 4. The third-order valence-corrected chi connectivity index (χ3v) is 5.34. The van der Waals surface area contributed by atoms with Crippen molar-refractivity contribution in [2.75, 3.05) is 4.90 Å². The van der Waals surface area contributed by atoms with Gasteiger partial charge in [-0.25, -0.2) is 18.9 Å². The summed E-state index contributed by atoms with van der Waals surface area (Å²) in [5.74, 6) is -2.98. The Hall–Kier alpha value is -4.50. The Labute approximate surface area is 203 Å². The number of barbiturate groups is 1. The summed E-state index contributed by atoms with van der Waals surface area (Å²) in [5, 5.41) is 11.3. The van der Waals surface area contributed by atoms with Gasteiger partial charge in [-0.1, -0.05) is 29.8 Å². The van der Waals surface area contributed by atoms with Gasteiger partial charge in [0.25, 0.3) is 11.8 Å². The van der Waals surface area contributed by atoms with Crippen LogP contribution in [-0.4, -0.2) is 28.9 Å². The fraction of sp³-hybridized carbons (Fsp3) is 0.0400. The molecule has 0 aliphatic carbocycles. The van der Waals surface area contributed by atoms with Crippen molar-refractivity contribution < 1.29 is 33.4 Å². The monoisotopic (exact) mass is 494 g/mol. The fourth-order valence-electron chi connectivity index (χ4n) is 3.28. The fourth-order valence-corrected chi connectivity index (χ4v) is 3.52. The number of carboxylic acid groups (broad SMARTS) is 1. The second kappa shape index (κ2) is 9.78. The summed E-state index contributed by atoms with van der Waals surface area (Å²) in [6.45, 7) is 0.135. The van der Waals surface area contributed by atoms with E-state index in [2.05, 4.69) is 5.32 Å². The molecule has 0 atom stereocenters. The first kappa shape index (κ1) is 23.7. The molecule has 0 spiro atoms. The van der Waals surface area contributed by atoms with Gasteiger partial charge in [-0.15, -0.1) is 0 Å². The van der Waals surface area contributed by atoms with Crippen molar-refractivity contribution in [3.63, 3.8) is 0 Å². The molecule has 2 N–H and O–H groups in total. The lowest BCUT2D eigenvalue weighted by molar-refractivity contribution is -0.122. The molecule has 0 radical (unpaired) electrons. The van der Waals surface area contributed by atoms with Crippen LogP contribution in [0.15, 0.2) is 72.3 Å². The summed E-state index contributed by atoms with van der Waals surface area (Å²) < 4.78 is 18.9. The second-order valence-corrected chi connectivity index (χ2v) is 7.82. The zero-order valence-corrected chi connectivity index (χ0v) is 18.6. The van der Waals surface area contributed by atoms with Crippen LogP contribution < -0.4 is 15.0 Å². The van der Waals surface area contributed by atoms with E-state index in [0.29, 0.717) is 11.3 Å². The summed E-state index contributed by atoms with van der Waals surface area (Å²) >= 11 is 6.30. The van der Waals surface area contributed by atoms with Gasteiger partial charge in [0.15, 0.2) is 0 Å². The van der Waals surface area contributed by atoms with Gasteiger partial charge in [-0.3, -0.25) is 14.9 Å². The van der Waals surface area contributed by atoms with Gasteiger partial charge in [0.1, 0.15) is 23.7 Å². The molecule has 0 aromatic heterocycles. The second-order valence-electron chi connectivity index (χ2n) is 7.41. The van der Waals surface area contributed by atoms with Crippen LogP contribution in [0, 0.1) is 5.82 Å². The maximum atomic E-state index is 13.2. The van der Waals surface area contributed by atoms with E-state index in [1.807, 2.05) is 0 Å². The first-order valence-corrected chi connectivity index (χ1v) is 10.5. The van der Waals surface area contributed by atoms with Crippen LogP contribution in [0.5, 0.6) is 5.75 Å². The molecule has 1 fully saturated rings. The highest BCUT2D eigenvalue weighted by Gasteiger charge is 2.36. The molecule has 1 heterocycles. The quantitative estimate of drug-likeness (QED) is 0.387. The molecule has 3 aromatic carbocycles. The number of anilines is 1. The van der Waals surface area contributed by atoms with E-state index in [4.69, 9.17) is 21.4 Å². The van der Waals surface area contributed by atoms with Gasteiger partial charge in [0.2, 0.25) is 0 Å². The summed E-state index contributed by atoms with van der Waals surface area (Å²) in [6, 6.07) is 14.5. The Morgan fingerprint density at radius 1 is 1.03 bits per heavy atom. The van der Waals surface area contributed by atoms with E-state index in [-0.39, 0.29) is 28.5 Å². The number of imide groups is 2.